The van der Waals surface area contributed by atoms with E-state index in [9.17, 15) is 4.39 Å². The molecule has 1 aliphatic carbocycles. The van der Waals surface area contributed by atoms with E-state index in [-0.39, 0.29) is 5.83 Å². The lowest BCUT2D eigenvalue weighted by Crippen LogP contribution is -2.02. The third-order valence-electron chi connectivity index (χ3n) is 2.94. The summed E-state index contributed by atoms with van der Waals surface area (Å²) in [6.45, 7) is 0.567. The lowest BCUT2D eigenvalue weighted by atomic mass is 10.2. The standard InChI is InChI=1S/C13H12FN3S/c14-11-4-2-1-3-9-5-6-17(12(9)11)8-10-7-15-13(18)16-10/h1,3-7H,2,8H2,(H2,15,16,18). The molecular weight excluding hydrogens is 249 g/mol. The van der Waals surface area contributed by atoms with Gasteiger partial charge in [0.1, 0.15) is 5.83 Å². The average Bonchev–Trinajstić information content (AvgIpc) is 2.87. The van der Waals surface area contributed by atoms with E-state index in [1.54, 1.807) is 6.08 Å². The number of aromatic nitrogens is 3. The molecule has 18 heavy (non-hydrogen) atoms. The van der Waals surface area contributed by atoms with E-state index in [2.05, 4.69) is 9.97 Å². The molecule has 2 heterocycles. The van der Waals surface area contributed by atoms with Gasteiger partial charge in [0, 0.05) is 18.0 Å². The quantitative estimate of drug-likeness (QED) is 0.795. The minimum atomic E-state index is -0.172. The molecule has 2 aromatic rings. The highest BCUT2D eigenvalue weighted by molar-refractivity contribution is 7.71. The van der Waals surface area contributed by atoms with Gasteiger partial charge in [0.2, 0.25) is 0 Å². The van der Waals surface area contributed by atoms with E-state index in [1.807, 2.05) is 35.2 Å². The Morgan fingerprint density at radius 1 is 1.44 bits per heavy atom. The summed E-state index contributed by atoms with van der Waals surface area (Å²) in [7, 11) is 0. The first-order valence-corrected chi connectivity index (χ1v) is 6.13. The monoisotopic (exact) mass is 261 g/mol. The van der Waals surface area contributed by atoms with Crippen LogP contribution in [0.15, 0.2) is 30.6 Å². The van der Waals surface area contributed by atoms with Gasteiger partial charge in [-0.3, -0.25) is 0 Å². The van der Waals surface area contributed by atoms with Gasteiger partial charge in [-0.2, -0.15) is 0 Å². The molecule has 0 radical (unpaired) electrons. The molecule has 0 saturated heterocycles. The number of halogens is 1. The molecule has 1 aliphatic rings. The number of hydrogen-bond donors (Lipinski definition) is 2. The molecule has 0 aromatic carbocycles. The Kier molecular flexibility index (Phi) is 2.76. The molecule has 0 spiro atoms. The van der Waals surface area contributed by atoms with Crippen molar-refractivity contribution in [1.29, 1.82) is 0 Å². The van der Waals surface area contributed by atoms with Gasteiger partial charge in [0.05, 0.1) is 17.9 Å². The molecule has 2 aromatic heterocycles. The Balaban J connectivity index is 2.01. The number of hydrogen-bond acceptors (Lipinski definition) is 1. The zero-order valence-corrected chi connectivity index (χ0v) is 10.4. The first kappa shape index (κ1) is 11.2. The normalized spacial score (nSPS) is 14.2. The molecule has 3 rings (SSSR count). The van der Waals surface area contributed by atoms with Crippen molar-refractivity contribution in [2.45, 2.75) is 13.0 Å². The zero-order chi connectivity index (χ0) is 12.5. The van der Waals surface area contributed by atoms with Gasteiger partial charge in [-0.25, -0.2) is 4.39 Å². The summed E-state index contributed by atoms with van der Waals surface area (Å²) in [6, 6.07) is 1.92. The van der Waals surface area contributed by atoms with Crippen molar-refractivity contribution in [3.63, 3.8) is 0 Å². The molecule has 0 aliphatic heterocycles. The van der Waals surface area contributed by atoms with Crippen LogP contribution in [0.3, 0.4) is 0 Å². The fourth-order valence-electron chi connectivity index (χ4n) is 2.13. The first-order chi connectivity index (χ1) is 8.74. The fraction of sp³-hybridized carbons (Fsp3) is 0.154. The predicted octanol–water partition coefficient (Wildman–Crippen LogP) is 3.65. The molecule has 0 atom stereocenters. The van der Waals surface area contributed by atoms with Crippen molar-refractivity contribution in [3.8, 4) is 0 Å². The lowest BCUT2D eigenvalue weighted by molar-refractivity contribution is 0.704. The van der Waals surface area contributed by atoms with Gasteiger partial charge in [-0.1, -0.05) is 12.2 Å². The van der Waals surface area contributed by atoms with Gasteiger partial charge >= 0.3 is 0 Å². The summed E-state index contributed by atoms with van der Waals surface area (Å²) < 4.78 is 16.5. The summed E-state index contributed by atoms with van der Waals surface area (Å²) >= 11 is 4.98. The SMILES string of the molecule is FC1=CCC=Cc2ccn(Cc3c[nH]c(=S)[nH]3)c21. The third-order valence-corrected chi connectivity index (χ3v) is 3.16. The van der Waals surface area contributed by atoms with Crippen LogP contribution in [0.2, 0.25) is 0 Å². The highest BCUT2D eigenvalue weighted by Crippen LogP contribution is 2.27. The second-order valence-corrected chi connectivity index (χ2v) is 4.61. The molecule has 0 bridgehead atoms. The minimum Gasteiger partial charge on any atom is -0.339 e. The van der Waals surface area contributed by atoms with Crippen LogP contribution >= 0.6 is 12.2 Å². The number of aromatic amines is 2. The fourth-order valence-corrected chi connectivity index (χ4v) is 2.32. The largest absolute Gasteiger partial charge is 0.339 e. The van der Waals surface area contributed by atoms with Gasteiger partial charge in [-0.15, -0.1) is 0 Å². The molecule has 0 fully saturated rings. The molecule has 0 amide bonds. The van der Waals surface area contributed by atoms with Crippen molar-refractivity contribution in [3.05, 3.63) is 52.3 Å². The smallest absolute Gasteiger partial charge is 0.174 e. The number of rotatable bonds is 2. The van der Waals surface area contributed by atoms with Crippen molar-refractivity contribution in [2.75, 3.05) is 0 Å². The van der Waals surface area contributed by atoms with Crippen LogP contribution in [0.25, 0.3) is 11.9 Å². The first-order valence-electron chi connectivity index (χ1n) is 5.72. The molecule has 92 valence electrons. The van der Waals surface area contributed by atoms with E-state index >= 15 is 0 Å². The Bertz CT molecular complexity index is 687. The minimum absolute atomic E-state index is 0.172. The van der Waals surface area contributed by atoms with Crippen LogP contribution in [0.4, 0.5) is 4.39 Å². The number of allylic oxidation sites excluding steroid dienone is 2. The van der Waals surface area contributed by atoms with Crippen LogP contribution in [-0.2, 0) is 6.54 Å². The lowest BCUT2D eigenvalue weighted by Gasteiger charge is -2.07. The molecule has 2 N–H and O–H groups in total. The maximum absolute atomic E-state index is 14.0. The second kappa shape index (κ2) is 4.42. The molecule has 5 heteroatoms. The summed E-state index contributed by atoms with van der Waals surface area (Å²) in [4.78, 5) is 5.94. The van der Waals surface area contributed by atoms with Crippen LogP contribution in [0.1, 0.15) is 23.4 Å². The van der Waals surface area contributed by atoms with Gasteiger partial charge < -0.3 is 14.5 Å². The van der Waals surface area contributed by atoms with Crippen LogP contribution in [0.5, 0.6) is 0 Å². The van der Waals surface area contributed by atoms with Crippen LogP contribution in [0, 0.1) is 4.77 Å². The summed E-state index contributed by atoms with van der Waals surface area (Å²) in [5.41, 5.74) is 2.47. The van der Waals surface area contributed by atoms with Crippen molar-refractivity contribution in [2.24, 2.45) is 0 Å². The number of nitrogens with zero attached hydrogens (tertiary/aromatic N) is 1. The maximum Gasteiger partial charge on any atom is 0.174 e. The Morgan fingerprint density at radius 3 is 3.11 bits per heavy atom. The maximum atomic E-state index is 14.0. The molecule has 0 unspecified atom stereocenters. The Labute approximate surface area is 109 Å². The topological polar surface area (TPSA) is 36.5 Å². The molecule has 3 nitrogen and oxygen atoms in total. The van der Waals surface area contributed by atoms with Crippen molar-refractivity contribution >= 4 is 24.1 Å². The van der Waals surface area contributed by atoms with Crippen LogP contribution < -0.4 is 0 Å². The molecule has 0 saturated carbocycles. The second-order valence-electron chi connectivity index (χ2n) is 4.21. The average molecular weight is 261 g/mol. The van der Waals surface area contributed by atoms with Gasteiger partial charge in [0.15, 0.2) is 4.77 Å². The highest BCUT2D eigenvalue weighted by Gasteiger charge is 2.14. The van der Waals surface area contributed by atoms with Gasteiger partial charge in [-0.05, 0) is 30.8 Å². The van der Waals surface area contributed by atoms with Crippen molar-refractivity contribution < 1.29 is 4.39 Å². The zero-order valence-electron chi connectivity index (χ0n) is 9.61. The van der Waals surface area contributed by atoms with Crippen LogP contribution in [-0.4, -0.2) is 14.5 Å². The van der Waals surface area contributed by atoms with Crippen molar-refractivity contribution in [1.82, 2.24) is 14.5 Å². The Hall–Kier alpha value is -1.88. The van der Waals surface area contributed by atoms with E-state index < -0.39 is 0 Å². The summed E-state index contributed by atoms with van der Waals surface area (Å²) in [5, 5.41) is 0. The summed E-state index contributed by atoms with van der Waals surface area (Å²) in [6.07, 6.45) is 9.83. The van der Waals surface area contributed by atoms with Gasteiger partial charge in [0.25, 0.3) is 0 Å². The number of H-pyrrole nitrogens is 2. The van der Waals surface area contributed by atoms with E-state index in [4.69, 9.17) is 12.2 Å². The highest BCUT2D eigenvalue weighted by atomic mass is 32.1. The third kappa shape index (κ3) is 1.97. The Morgan fingerprint density at radius 2 is 2.33 bits per heavy atom. The van der Waals surface area contributed by atoms with E-state index in [1.165, 1.54) is 0 Å². The predicted molar refractivity (Wildman–Crippen MR) is 72.2 cm³/mol. The van der Waals surface area contributed by atoms with E-state index in [0.717, 1.165) is 11.3 Å². The number of fused-ring (bicyclic) bond motifs is 1. The van der Waals surface area contributed by atoms with E-state index in [0.29, 0.717) is 23.4 Å². The number of nitrogens with one attached hydrogen (secondary N) is 2. The molecular formula is C13H12FN3S. The summed E-state index contributed by atoms with van der Waals surface area (Å²) in [5.74, 6) is -0.172. The number of imidazole rings is 1.